The van der Waals surface area contributed by atoms with Crippen molar-refractivity contribution in [3.8, 4) is 6.07 Å². The van der Waals surface area contributed by atoms with Crippen molar-refractivity contribution in [2.75, 3.05) is 25.0 Å². The number of likely N-dealkylation sites (tertiary alicyclic amines) is 1. The monoisotopic (exact) mass is 274 g/mol. The van der Waals surface area contributed by atoms with Gasteiger partial charge in [0.05, 0.1) is 17.5 Å². The summed E-state index contributed by atoms with van der Waals surface area (Å²) in [7, 11) is 0. The maximum Gasteiger partial charge on any atom is 0.292 e. The maximum atomic E-state index is 11.0. The molecule has 1 fully saturated rings. The Bertz CT molecular complexity index is 530. The molecule has 2 rings (SSSR count). The van der Waals surface area contributed by atoms with Crippen LogP contribution < -0.4 is 5.32 Å². The van der Waals surface area contributed by atoms with Crippen molar-refractivity contribution in [3.63, 3.8) is 0 Å². The van der Waals surface area contributed by atoms with Crippen molar-refractivity contribution < 1.29 is 4.92 Å². The average Bonchev–Trinajstić information content (AvgIpc) is 2.41. The standard InChI is InChI=1S/C14H18N4O2/c1-11-2-3-14(18(19)20)13(10-11)16-12-4-7-17(8-5-12)9-6-15/h2-3,10,12,16H,4-5,7-9H2,1H3. The van der Waals surface area contributed by atoms with Gasteiger partial charge in [-0.05, 0) is 31.4 Å². The van der Waals surface area contributed by atoms with E-state index in [4.69, 9.17) is 5.26 Å². The average molecular weight is 274 g/mol. The Kier molecular flexibility index (Phi) is 4.53. The van der Waals surface area contributed by atoms with Crippen LogP contribution in [0.4, 0.5) is 11.4 Å². The molecule has 0 aliphatic carbocycles. The Morgan fingerprint density at radius 3 is 2.80 bits per heavy atom. The molecular weight excluding hydrogens is 256 g/mol. The predicted molar refractivity (Wildman–Crippen MR) is 76.5 cm³/mol. The fraction of sp³-hybridized carbons (Fsp3) is 0.500. The van der Waals surface area contributed by atoms with Crippen molar-refractivity contribution in [3.05, 3.63) is 33.9 Å². The number of rotatable bonds is 4. The molecule has 106 valence electrons. The van der Waals surface area contributed by atoms with Crippen molar-refractivity contribution in [1.29, 1.82) is 5.26 Å². The Hall–Kier alpha value is -2.13. The van der Waals surface area contributed by atoms with Gasteiger partial charge in [0.25, 0.3) is 5.69 Å². The van der Waals surface area contributed by atoms with Gasteiger partial charge < -0.3 is 5.32 Å². The largest absolute Gasteiger partial charge is 0.377 e. The molecule has 1 saturated heterocycles. The van der Waals surface area contributed by atoms with E-state index < -0.39 is 0 Å². The van der Waals surface area contributed by atoms with Crippen LogP contribution in [0.3, 0.4) is 0 Å². The quantitative estimate of drug-likeness (QED) is 0.517. The molecule has 0 unspecified atom stereocenters. The molecule has 6 heteroatoms. The van der Waals surface area contributed by atoms with E-state index in [0.717, 1.165) is 31.5 Å². The van der Waals surface area contributed by atoms with Gasteiger partial charge in [0.1, 0.15) is 5.69 Å². The zero-order valence-electron chi connectivity index (χ0n) is 11.5. The lowest BCUT2D eigenvalue weighted by Crippen LogP contribution is -2.39. The summed E-state index contributed by atoms with van der Waals surface area (Å²) >= 11 is 0. The third-order valence-electron chi connectivity index (χ3n) is 3.59. The highest BCUT2D eigenvalue weighted by Crippen LogP contribution is 2.27. The Labute approximate surface area is 118 Å². The minimum atomic E-state index is -0.355. The van der Waals surface area contributed by atoms with Crippen LogP contribution in [0.25, 0.3) is 0 Å². The van der Waals surface area contributed by atoms with Gasteiger partial charge in [-0.2, -0.15) is 5.26 Å². The van der Waals surface area contributed by atoms with E-state index in [0.29, 0.717) is 12.2 Å². The van der Waals surface area contributed by atoms with E-state index in [1.807, 2.05) is 13.0 Å². The van der Waals surface area contributed by atoms with Crippen LogP contribution in [0, 0.1) is 28.4 Å². The van der Waals surface area contributed by atoms with Gasteiger partial charge in [-0.15, -0.1) is 0 Å². The number of hydrogen-bond acceptors (Lipinski definition) is 5. The number of aryl methyl sites for hydroxylation is 1. The topological polar surface area (TPSA) is 82.2 Å². The first-order chi connectivity index (χ1) is 9.60. The number of nitriles is 1. The second-order valence-electron chi connectivity index (χ2n) is 5.13. The van der Waals surface area contributed by atoms with Crippen LogP contribution >= 0.6 is 0 Å². The summed E-state index contributed by atoms with van der Waals surface area (Å²) in [5.74, 6) is 0. The number of hydrogen-bond donors (Lipinski definition) is 1. The zero-order valence-corrected chi connectivity index (χ0v) is 11.5. The molecule has 0 saturated carbocycles. The summed E-state index contributed by atoms with van der Waals surface area (Å²) < 4.78 is 0. The van der Waals surface area contributed by atoms with Crippen molar-refractivity contribution in [2.45, 2.75) is 25.8 Å². The summed E-state index contributed by atoms with van der Waals surface area (Å²) in [5, 5.41) is 23.0. The van der Waals surface area contributed by atoms with Gasteiger partial charge in [-0.3, -0.25) is 15.0 Å². The van der Waals surface area contributed by atoms with Crippen molar-refractivity contribution in [1.82, 2.24) is 4.90 Å². The van der Waals surface area contributed by atoms with E-state index >= 15 is 0 Å². The van der Waals surface area contributed by atoms with Crippen LogP contribution in [0.15, 0.2) is 18.2 Å². The maximum absolute atomic E-state index is 11.0. The Morgan fingerprint density at radius 1 is 1.50 bits per heavy atom. The highest BCUT2D eigenvalue weighted by Gasteiger charge is 2.21. The summed E-state index contributed by atoms with van der Waals surface area (Å²) in [6.07, 6.45) is 1.79. The SMILES string of the molecule is Cc1ccc([N+](=O)[O-])c(NC2CCN(CC#N)CC2)c1. The first kappa shape index (κ1) is 14.3. The molecule has 1 aliphatic rings. The van der Waals surface area contributed by atoms with Crippen LogP contribution in [-0.4, -0.2) is 35.5 Å². The number of nitrogens with zero attached hydrogens (tertiary/aromatic N) is 3. The minimum absolute atomic E-state index is 0.120. The normalized spacial score (nSPS) is 16.6. The second-order valence-corrected chi connectivity index (χ2v) is 5.13. The third kappa shape index (κ3) is 3.45. The van der Waals surface area contributed by atoms with E-state index in [2.05, 4.69) is 16.3 Å². The minimum Gasteiger partial charge on any atom is -0.377 e. The summed E-state index contributed by atoms with van der Waals surface area (Å²) in [4.78, 5) is 12.8. The summed E-state index contributed by atoms with van der Waals surface area (Å²) in [6, 6.07) is 7.49. The highest BCUT2D eigenvalue weighted by atomic mass is 16.6. The molecule has 1 aliphatic heterocycles. The van der Waals surface area contributed by atoms with Gasteiger partial charge >= 0.3 is 0 Å². The molecule has 0 aromatic heterocycles. The smallest absolute Gasteiger partial charge is 0.292 e. The lowest BCUT2D eigenvalue weighted by Gasteiger charge is -2.31. The summed E-state index contributed by atoms with van der Waals surface area (Å²) in [5.41, 5.74) is 1.71. The Morgan fingerprint density at radius 2 is 2.20 bits per heavy atom. The predicted octanol–water partition coefficient (Wildman–Crippen LogP) is 2.30. The highest BCUT2D eigenvalue weighted by molar-refractivity contribution is 5.63. The van der Waals surface area contributed by atoms with Crippen LogP contribution in [0.1, 0.15) is 18.4 Å². The van der Waals surface area contributed by atoms with Crippen LogP contribution in [-0.2, 0) is 0 Å². The van der Waals surface area contributed by atoms with Crippen LogP contribution in [0.5, 0.6) is 0 Å². The molecule has 1 N–H and O–H groups in total. The molecule has 6 nitrogen and oxygen atoms in total. The van der Waals surface area contributed by atoms with E-state index in [1.165, 1.54) is 0 Å². The number of nitrogens with one attached hydrogen (secondary N) is 1. The van der Waals surface area contributed by atoms with Gasteiger partial charge in [-0.1, -0.05) is 6.07 Å². The number of piperidine rings is 1. The lowest BCUT2D eigenvalue weighted by atomic mass is 10.0. The number of nitro benzene ring substituents is 1. The first-order valence-corrected chi connectivity index (χ1v) is 6.71. The van der Waals surface area contributed by atoms with Crippen molar-refractivity contribution >= 4 is 11.4 Å². The van der Waals surface area contributed by atoms with E-state index in [-0.39, 0.29) is 16.7 Å². The zero-order chi connectivity index (χ0) is 14.5. The molecule has 0 radical (unpaired) electrons. The molecule has 20 heavy (non-hydrogen) atoms. The third-order valence-corrected chi connectivity index (χ3v) is 3.59. The van der Waals surface area contributed by atoms with Crippen LogP contribution in [0.2, 0.25) is 0 Å². The molecule has 0 amide bonds. The Balaban J connectivity index is 2.02. The summed E-state index contributed by atoms with van der Waals surface area (Å²) in [6.45, 7) is 4.08. The fourth-order valence-corrected chi connectivity index (χ4v) is 2.48. The molecule has 0 atom stereocenters. The second kappa shape index (κ2) is 6.35. The van der Waals surface area contributed by atoms with E-state index in [9.17, 15) is 10.1 Å². The number of nitro groups is 1. The van der Waals surface area contributed by atoms with Gasteiger partial charge in [0.15, 0.2) is 0 Å². The molecular formula is C14H18N4O2. The van der Waals surface area contributed by atoms with E-state index in [1.54, 1.807) is 12.1 Å². The van der Waals surface area contributed by atoms with Gasteiger partial charge in [0.2, 0.25) is 0 Å². The molecule has 1 aromatic carbocycles. The first-order valence-electron chi connectivity index (χ1n) is 6.71. The number of anilines is 1. The molecule has 0 spiro atoms. The molecule has 1 aromatic rings. The fourth-order valence-electron chi connectivity index (χ4n) is 2.48. The van der Waals surface area contributed by atoms with Crippen molar-refractivity contribution in [2.24, 2.45) is 0 Å². The molecule has 1 heterocycles. The number of benzene rings is 1. The van der Waals surface area contributed by atoms with Gasteiger partial charge in [0, 0.05) is 25.2 Å². The van der Waals surface area contributed by atoms with Gasteiger partial charge in [-0.25, -0.2) is 0 Å². The lowest BCUT2D eigenvalue weighted by molar-refractivity contribution is -0.384. The molecule has 0 bridgehead atoms.